The molecular formula is C17H15FN2. The summed E-state index contributed by atoms with van der Waals surface area (Å²) < 4.78 is 13.5. The molecule has 1 aromatic heterocycles. The van der Waals surface area contributed by atoms with Crippen molar-refractivity contribution in [1.29, 1.82) is 0 Å². The van der Waals surface area contributed by atoms with Crippen LogP contribution in [0.3, 0.4) is 0 Å². The second kappa shape index (κ2) is 4.69. The van der Waals surface area contributed by atoms with Gasteiger partial charge in [-0.2, -0.15) is 0 Å². The molecule has 3 aromatic rings. The number of nitrogens with two attached hydrogens (primary N) is 1. The molecule has 0 aliphatic rings. The number of pyridine rings is 1. The van der Waals surface area contributed by atoms with Gasteiger partial charge in [0, 0.05) is 11.6 Å². The quantitative estimate of drug-likeness (QED) is 0.769. The standard InChI is InChI=1S/C17H15FN2/c1-17(19,12-5-2-6-13(18)11-12)15-8-3-9-16-14(15)7-4-10-20-16/h2-11H,19H2,1H3. The minimum absolute atomic E-state index is 0.280. The molecule has 1 atom stereocenters. The number of fused-ring (bicyclic) bond motifs is 1. The van der Waals surface area contributed by atoms with Crippen molar-refractivity contribution in [3.05, 3.63) is 77.7 Å². The molecule has 0 aliphatic heterocycles. The number of aromatic nitrogens is 1. The van der Waals surface area contributed by atoms with Crippen molar-refractivity contribution in [1.82, 2.24) is 4.98 Å². The van der Waals surface area contributed by atoms with Gasteiger partial charge in [0.2, 0.25) is 0 Å². The van der Waals surface area contributed by atoms with Crippen LogP contribution in [-0.4, -0.2) is 4.98 Å². The lowest BCUT2D eigenvalue weighted by atomic mass is 9.83. The predicted octanol–water partition coefficient (Wildman–Crippen LogP) is 3.60. The number of hydrogen-bond donors (Lipinski definition) is 1. The Morgan fingerprint density at radius 1 is 1.05 bits per heavy atom. The molecule has 100 valence electrons. The average molecular weight is 266 g/mol. The van der Waals surface area contributed by atoms with E-state index in [1.165, 1.54) is 12.1 Å². The van der Waals surface area contributed by atoms with E-state index in [0.717, 1.165) is 22.0 Å². The van der Waals surface area contributed by atoms with Crippen LogP contribution in [0.15, 0.2) is 60.8 Å². The average Bonchev–Trinajstić information content (AvgIpc) is 2.46. The van der Waals surface area contributed by atoms with Crippen LogP contribution in [-0.2, 0) is 5.54 Å². The van der Waals surface area contributed by atoms with E-state index in [2.05, 4.69) is 4.98 Å². The minimum Gasteiger partial charge on any atom is -0.318 e. The van der Waals surface area contributed by atoms with Crippen LogP contribution in [0.25, 0.3) is 10.9 Å². The van der Waals surface area contributed by atoms with Gasteiger partial charge in [0.15, 0.2) is 0 Å². The van der Waals surface area contributed by atoms with E-state index >= 15 is 0 Å². The first kappa shape index (κ1) is 12.8. The Morgan fingerprint density at radius 3 is 2.65 bits per heavy atom. The molecule has 0 spiro atoms. The van der Waals surface area contributed by atoms with Gasteiger partial charge < -0.3 is 5.73 Å². The molecule has 0 saturated heterocycles. The third kappa shape index (κ3) is 2.06. The van der Waals surface area contributed by atoms with Crippen molar-refractivity contribution in [2.75, 3.05) is 0 Å². The van der Waals surface area contributed by atoms with Gasteiger partial charge in [-0.1, -0.05) is 30.3 Å². The lowest BCUT2D eigenvalue weighted by molar-refractivity contribution is 0.585. The van der Waals surface area contributed by atoms with E-state index in [4.69, 9.17) is 5.73 Å². The molecule has 20 heavy (non-hydrogen) atoms. The zero-order valence-electron chi connectivity index (χ0n) is 11.2. The van der Waals surface area contributed by atoms with Gasteiger partial charge in [-0.3, -0.25) is 4.98 Å². The van der Waals surface area contributed by atoms with Gasteiger partial charge >= 0.3 is 0 Å². The monoisotopic (exact) mass is 266 g/mol. The number of benzene rings is 2. The van der Waals surface area contributed by atoms with Gasteiger partial charge in [0.25, 0.3) is 0 Å². The van der Waals surface area contributed by atoms with Crippen LogP contribution in [0.1, 0.15) is 18.1 Å². The smallest absolute Gasteiger partial charge is 0.123 e. The second-order valence-electron chi connectivity index (χ2n) is 5.09. The van der Waals surface area contributed by atoms with E-state index < -0.39 is 5.54 Å². The molecule has 2 aromatic carbocycles. The predicted molar refractivity (Wildman–Crippen MR) is 78.8 cm³/mol. The number of nitrogens with zero attached hydrogens (tertiary/aromatic N) is 1. The summed E-state index contributed by atoms with van der Waals surface area (Å²) in [5.74, 6) is -0.280. The molecule has 0 fully saturated rings. The number of rotatable bonds is 2. The first-order chi connectivity index (χ1) is 9.59. The summed E-state index contributed by atoms with van der Waals surface area (Å²) in [6, 6.07) is 16.1. The van der Waals surface area contributed by atoms with Crippen molar-refractivity contribution in [2.45, 2.75) is 12.5 Å². The number of halogens is 1. The lowest BCUT2D eigenvalue weighted by Gasteiger charge is -2.27. The summed E-state index contributed by atoms with van der Waals surface area (Å²) in [6.45, 7) is 1.89. The summed E-state index contributed by atoms with van der Waals surface area (Å²) >= 11 is 0. The Balaban J connectivity index is 2.23. The van der Waals surface area contributed by atoms with Crippen molar-refractivity contribution in [2.24, 2.45) is 5.73 Å². The van der Waals surface area contributed by atoms with Crippen molar-refractivity contribution in [3.63, 3.8) is 0 Å². The molecule has 0 radical (unpaired) electrons. The summed E-state index contributed by atoms with van der Waals surface area (Å²) in [6.07, 6.45) is 1.75. The van der Waals surface area contributed by atoms with E-state index in [1.807, 2.05) is 43.3 Å². The molecule has 0 saturated carbocycles. The molecule has 1 unspecified atom stereocenters. The fourth-order valence-corrected chi connectivity index (χ4v) is 2.52. The first-order valence-corrected chi connectivity index (χ1v) is 6.48. The maximum atomic E-state index is 13.5. The van der Waals surface area contributed by atoms with Crippen LogP contribution in [0.4, 0.5) is 4.39 Å². The van der Waals surface area contributed by atoms with Crippen LogP contribution >= 0.6 is 0 Å². The van der Waals surface area contributed by atoms with Gasteiger partial charge in [-0.25, -0.2) is 4.39 Å². The van der Waals surface area contributed by atoms with E-state index in [0.29, 0.717) is 0 Å². The molecule has 2 N–H and O–H groups in total. The van der Waals surface area contributed by atoms with Crippen molar-refractivity contribution in [3.8, 4) is 0 Å². The fourth-order valence-electron chi connectivity index (χ4n) is 2.52. The summed E-state index contributed by atoms with van der Waals surface area (Å²) in [4.78, 5) is 4.34. The highest BCUT2D eigenvalue weighted by atomic mass is 19.1. The van der Waals surface area contributed by atoms with Crippen LogP contribution in [0.5, 0.6) is 0 Å². The van der Waals surface area contributed by atoms with Crippen molar-refractivity contribution < 1.29 is 4.39 Å². The van der Waals surface area contributed by atoms with E-state index in [9.17, 15) is 4.39 Å². The lowest BCUT2D eigenvalue weighted by Crippen LogP contribution is -2.34. The Kier molecular flexibility index (Phi) is 2.99. The molecule has 0 amide bonds. The van der Waals surface area contributed by atoms with Gasteiger partial charge in [0.05, 0.1) is 11.1 Å². The van der Waals surface area contributed by atoms with Gasteiger partial charge in [-0.15, -0.1) is 0 Å². The molecule has 3 rings (SSSR count). The third-order valence-electron chi connectivity index (χ3n) is 3.63. The highest BCUT2D eigenvalue weighted by molar-refractivity contribution is 5.83. The molecule has 3 heteroatoms. The van der Waals surface area contributed by atoms with E-state index in [-0.39, 0.29) is 5.82 Å². The Labute approximate surface area is 117 Å². The Hall–Kier alpha value is -2.26. The SMILES string of the molecule is CC(N)(c1cccc(F)c1)c1cccc2ncccc12. The van der Waals surface area contributed by atoms with Gasteiger partial charge in [-0.05, 0) is 42.3 Å². The maximum Gasteiger partial charge on any atom is 0.123 e. The Morgan fingerprint density at radius 2 is 1.85 bits per heavy atom. The fraction of sp³-hybridized carbons (Fsp3) is 0.118. The largest absolute Gasteiger partial charge is 0.318 e. The zero-order valence-corrected chi connectivity index (χ0v) is 11.2. The first-order valence-electron chi connectivity index (χ1n) is 6.48. The highest BCUT2D eigenvalue weighted by Gasteiger charge is 2.26. The van der Waals surface area contributed by atoms with Crippen LogP contribution in [0, 0.1) is 5.82 Å². The molecule has 0 aliphatic carbocycles. The van der Waals surface area contributed by atoms with Gasteiger partial charge in [0.1, 0.15) is 5.82 Å². The normalized spacial score (nSPS) is 14.2. The second-order valence-corrected chi connectivity index (χ2v) is 5.09. The molecule has 0 bridgehead atoms. The van der Waals surface area contributed by atoms with Crippen LogP contribution < -0.4 is 5.73 Å². The van der Waals surface area contributed by atoms with Crippen LogP contribution in [0.2, 0.25) is 0 Å². The number of hydrogen-bond acceptors (Lipinski definition) is 2. The highest BCUT2D eigenvalue weighted by Crippen LogP contribution is 2.31. The Bertz CT molecular complexity index is 760. The topological polar surface area (TPSA) is 38.9 Å². The summed E-state index contributed by atoms with van der Waals surface area (Å²) in [7, 11) is 0. The molecular weight excluding hydrogens is 251 g/mol. The molecule has 2 nitrogen and oxygen atoms in total. The van der Waals surface area contributed by atoms with E-state index in [1.54, 1.807) is 12.3 Å². The molecule has 1 heterocycles. The van der Waals surface area contributed by atoms with Crippen molar-refractivity contribution >= 4 is 10.9 Å². The summed E-state index contributed by atoms with van der Waals surface area (Å²) in [5.41, 5.74) is 8.30. The zero-order chi connectivity index (χ0) is 14.2. The third-order valence-corrected chi connectivity index (χ3v) is 3.63. The summed E-state index contributed by atoms with van der Waals surface area (Å²) in [5, 5.41) is 0.990. The minimum atomic E-state index is -0.773. The maximum absolute atomic E-state index is 13.5.